The number of para-hydroxylation sites is 1. The van der Waals surface area contributed by atoms with Crippen molar-refractivity contribution < 1.29 is 14.3 Å². The van der Waals surface area contributed by atoms with Gasteiger partial charge in [-0.25, -0.2) is 4.79 Å². The molecule has 0 atom stereocenters. The first-order chi connectivity index (χ1) is 13.5. The Balaban J connectivity index is 2.24. The zero-order valence-electron chi connectivity index (χ0n) is 16.2. The van der Waals surface area contributed by atoms with Gasteiger partial charge in [-0.2, -0.15) is 5.26 Å². The summed E-state index contributed by atoms with van der Waals surface area (Å²) in [4.78, 5) is 26.4. The molecule has 0 heterocycles. The topological polar surface area (TPSA) is 82.4 Å². The summed E-state index contributed by atoms with van der Waals surface area (Å²) in [6.07, 6.45) is 1.32. The standard InChI is InChI=1S/C22H23N3O3/c1-16(2)25(15-17-9-5-4-6-10-17)21(26)18(13-23)14-24-20-12-8-7-11-19(20)22(27)28-3/h4-12,14,16,24H,15H2,1-3H3/b18-14-. The molecule has 144 valence electrons. The molecule has 0 aliphatic rings. The fourth-order valence-corrected chi connectivity index (χ4v) is 2.61. The second-order valence-corrected chi connectivity index (χ2v) is 6.36. The van der Waals surface area contributed by atoms with Gasteiger partial charge in [0.15, 0.2) is 0 Å². The van der Waals surface area contributed by atoms with Crippen LogP contribution >= 0.6 is 0 Å². The van der Waals surface area contributed by atoms with E-state index in [9.17, 15) is 14.9 Å². The highest BCUT2D eigenvalue weighted by atomic mass is 16.5. The van der Waals surface area contributed by atoms with E-state index in [0.717, 1.165) is 5.56 Å². The number of rotatable bonds is 7. The molecule has 6 nitrogen and oxygen atoms in total. The fraction of sp³-hybridized carbons (Fsp3) is 0.227. The van der Waals surface area contributed by atoms with Crippen molar-refractivity contribution in [3.63, 3.8) is 0 Å². The highest BCUT2D eigenvalue weighted by Crippen LogP contribution is 2.17. The van der Waals surface area contributed by atoms with Crippen LogP contribution in [0, 0.1) is 11.3 Å². The number of hydrogen-bond donors (Lipinski definition) is 1. The maximum absolute atomic E-state index is 12.9. The number of carbonyl (C=O) groups is 2. The minimum Gasteiger partial charge on any atom is -0.465 e. The summed E-state index contributed by atoms with van der Waals surface area (Å²) in [6.45, 7) is 4.20. The van der Waals surface area contributed by atoms with Gasteiger partial charge in [-0.3, -0.25) is 4.79 Å². The van der Waals surface area contributed by atoms with E-state index in [1.807, 2.05) is 50.2 Å². The van der Waals surface area contributed by atoms with Crippen molar-refractivity contribution in [1.29, 1.82) is 5.26 Å². The first kappa shape index (κ1) is 20.7. The molecule has 1 amide bonds. The summed E-state index contributed by atoms with van der Waals surface area (Å²) in [5.41, 5.74) is 1.69. The van der Waals surface area contributed by atoms with Crippen LogP contribution in [0.4, 0.5) is 5.69 Å². The van der Waals surface area contributed by atoms with Crippen molar-refractivity contribution in [2.75, 3.05) is 12.4 Å². The molecule has 0 saturated carbocycles. The van der Waals surface area contributed by atoms with Crippen molar-refractivity contribution in [3.05, 3.63) is 77.5 Å². The number of anilines is 1. The Kier molecular flexibility index (Phi) is 7.35. The van der Waals surface area contributed by atoms with E-state index < -0.39 is 5.97 Å². The van der Waals surface area contributed by atoms with Crippen LogP contribution in [-0.4, -0.2) is 29.9 Å². The zero-order valence-corrected chi connectivity index (χ0v) is 16.2. The monoisotopic (exact) mass is 377 g/mol. The van der Waals surface area contributed by atoms with Crippen molar-refractivity contribution in [2.45, 2.75) is 26.4 Å². The summed E-state index contributed by atoms with van der Waals surface area (Å²) >= 11 is 0. The number of esters is 1. The Morgan fingerprint density at radius 1 is 1.14 bits per heavy atom. The zero-order chi connectivity index (χ0) is 20.5. The van der Waals surface area contributed by atoms with Gasteiger partial charge in [-0.1, -0.05) is 42.5 Å². The Hall–Kier alpha value is -3.59. The third-order valence-electron chi connectivity index (χ3n) is 4.14. The number of nitrogens with one attached hydrogen (secondary N) is 1. The second kappa shape index (κ2) is 9.93. The Morgan fingerprint density at radius 3 is 2.39 bits per heavy atom. The van der Waals surface area contributed by atoms with E-state index in [4.69, 9.17) is 4.74 Å². The van der Waals surface area contributed by atoms with Crippen LogP contribution in [0.3, 0.4) is 0 Å². The van der Waals surface area contributed by atoms with Crippen LogP contribution in [0.5, 0.6) is 0 Å². The summed E-state index contributed by atoms with van der Waals surface area (Å²) in [5, 5.41) is 12.4. The molecule has 6 heteroatoms. The lowest BCUT2D eigenvalue weighted by Crippen LogP contribution is -2.37. The van der Waals surface area contributed by atoms with Crippen LogP contribution in [0.1, 0.15) is 29.8 Å². The van der Waals surface area contributed by atoms with Gasteiger partial charge in [0.05, 0.1) is 18.4 Å². The van der Waals surface area contributed by atoms with Crippen molar-refractivity contribution >= 4 is 17.6 Å². The number of amides is 1. The highest BCUT2D eigenvalue weighted by molar-refractivity contribution is 5.99. The molecule has 2 rings (SSSR count). The molecule has 1 N–H and O–H groups in total. The molecular formula is C22H23N3O3. The molecule has 28 heavy (non-hydrogen) atoms. The number of nitrogens with zero attached hydrogens (tertiary/aromatic N) is 2. The molecule has 0 saturated heterocycles. The maximum atomic E-state index is 12.9. The summed E-state index contributed by atoms with van der Waals surface area (Å²) in [7, 11) is 1.29. The Bertz CT molecular complexity index is 899. The molecule has 0 radical (unpaired) electrons. The van der Waals surface area contributed by atoms with Crippen LogP contribution < -0.4 is 5.32 Å². The molecule has 2 aromatic carbocycles. The molecular weight excluding hydrogens is 354 g/mol. The summed E-state index contributed by atoms with van der Waals surface area (Å²) in [6, 6.07) is 18.2. The normalized spacial score (nSPS) is 10.9. The van der Waals surface area contributed by atoms with E-state index in [1.165, 1.54) is 13.3 Å². The van der Waals surface area contributed by atoms with E-state index in [1.54, 1.807) is 29.2 Å². The molecule has 0 bridgehead atoms. The van der Waals surface area contributed by atoms with Gasteiger partial charge in [-0.15, -0.1) is 0 Å². The average molecular weight is 377 g/mol. The van der Waals surface area contributed by atoms with Gasteiger partial charge in [-0.05, 0) is 31.5 Å². The van der Waals surface area contributed by atoms with E-state index in [-0.39, 0.29) is 17.5 Å². The molecule has 0 aliphatic heterocycles. The van der Waals surface area contributed by atoms with Crippen molar-refractivity contribution in [1.82, 2.24) is 4.90 Å². The van der Waals surface area contributed by atoms with Gasteiger partial charge in [0.2, 0.25) is 0 Å². The van der Waals surface area contributed by atoms with Crippen LogP contribution in [0.15, 0.2) is 66.4 Å². The third-order valence-corrected chi connectivity index (χ3v) is 4.14. The molecule has 0 unspecified atom stereocenters. The number of methoxy groups -OCH3 is 1. The van der Waals surface area contributed by atoms with Crippen LogP contribution in [-0.2, 0) is 16.1 Å². The number of carbonyl (C=O) groups excluding carboxylic acids is 2. The Labute approximate surface area is 165 Å². The van der Waals surface area contributed by atoms with E-state index in [0.29, 0.717) is 17.8 Å². The molecule has 0 aromatic heterocycles. The fourth-order valence-electron chi connectivity index (χ4n) is 2.61. The van der Waals surface area contributed by atoms with Gasteiger partial charge < -0.3 is 15.0 Å². The quantitative estimate of drug-likeness (QED) is 0.452. The second-order valence-electron chi connectivity index (χ2n) is 6.36. The molecule has 0 aliphatic carbocycles. The molecule has 2 aromatic rings. The lowest BCUT2D eigenvalue weighted by Gasteiger charge is -2.26. The van der Waals surface area contributed by atoms with Crippen molar-refractivity contribution in [2.24, 2.45) is 0 Å². The lowest BCUT2D eigenvalue weighted by atomic mass is 10.1. The van der Waals surface area contributed by atoms with Crippen LogP contribution in [0.2, 0.25) is 0 Å². The number of benzene rings is 2. The summed E-state index contributed by atoms with van der Waals surface area (Å²) in [5.74, 6) is -0.890. The highest BCUT2D eigenvalue weighted by Gasteiger charge is 2.21. The largest absolute Gasteiger partial charge is 0.465 e. The lowest BCUT2D eigenvalue weighted by molar-refractivity contribution is -0.129. The molecule has 0 fully saturated rings. The first-order valence-corrected chi connectivity index (χ1v) is 8.87. The van der Waals surface area contributed by atoms with Gasteiger partial charge in [0.1, 0.15) is 11.6 Å². The first-order valence-electron chi connectivity index (χ1n) is 8.87. The van der Waals surface area contributed by atoms with Crippen molar-refractivity contribution in [3.8, 4) is 6.07 Å². The van der Waals surface area contributed by atoms with E-state index >= 15 is 0 Å². The third kappa shape index (κ3) is 5.21. The van der Waals surface area contributed by atoms with Crippen LogP contribution in [0.25, 0.3) is 0 Å². The summed E-state index contributed by atoms with van der Waals surface area (Å²) < 4.78 is 4.75. The number of ether oxygens (including phenoxy) is 1. The van der Waals surface area contributed by atoms with Gasteiger partial charge >= 0.3 is 5.97 Å². The predicted molar refractivity (Wildman–Crippen MR) is 107 cm³/mol. The average Bonchev–Trinajstić information content (AvgIpc) is 2.72. The number of hydrogen-bond acceptors (Lipinski definition) is 5. The maximum Gasteiger partial charge on any atom is 0.339 e. The minimum atomic E-state index is -0.505. The Morgan fingerprint density at radius 2 is 1.79 bits per heavy atom. The van der Waals surface area contributed by atoms with Gasteiger partial charge in [0.25, 0.3) is 5.91 Å². The van der Waals surface area contributed by atoms with Gasteiger partial charge in [0, 0.05) is 18.8 Å². The van der Waals surface area contributed by atoms with E-state index in [2.05, 4.69) is 5.32 Å². The molecule has 0 spiro atoms. The predicted octanol–water partition coefficient (Wildman–Crippen LogP) is 3.73. The minimum absolute atomic E-state index is 0.0516. The SMILES string of the molecule is COC(=O)c1ccccc1N/C=C(/C#N)C(=O)N(Cc1ccccc1)C(C)C. The number of nitriles is 1. The smallest absolute Gasteiger partial charge is 0.339 e.